The van der Waals surface area contributed by atoms with Crippen LogP contribution in [0.3, 0.4) is 0 Å². The third-order valence-electron chi connectivity index (χ3n) is 4.69. The van der Waals surface area contributed by atoms with Crippen LogP contribution in [0.5, 0.6) is 0 Å². The number of pyridine rings is 2. The van der Waals surface area contributed by atoms with E-state index in [1.165, 1.54) is 5.56 Å². The van der Waals surface area contributed by atoms with Gasteiger partial charge >= 0.3 is 0 Å². The van der Waals surface area contributed by atoms with E-state index in [0.717, 1.165) is 28.1 Å². The molecule has 1 aromatic carbocycles. The molecule has 0 aliphatic heterocycles. The maximum atomic E-state index is 4.84. The van der Waals surface area contributed by atoms with E-state index in [4.69, 9.17) is 9.97 Å². The number of nitrogens with zero attached hydrogens (tertiary/aromatic N) is 4. The van der Waals surface area contributed by atoms with Crippen molar-refractivity contribution < 1.29 is 0 Å². The zero-order valence-electron chi connectivity index (χ0n) is 16.3. The van der Waals surface area contributed by atoms with Crippen molar-refractivity contribution in [3.05, 3.63) is 84.9 Å². The summed E-state index contributed by atoms with van der Waals surface area (Å²) in [6.45, 7) is 6.64. The predicted octanol–water partition coefficient (Wildman–Crippen LogP) is 5.57. The Bertz CT molecular complexity index is 1010. The summed E-state index contributed by atoms with van der Waals surface area (Å²) in [4.78, 5) is 17.9. The van der Waals surface area contributed by atoms with Crippen LogP contribution in [0.1, 0.15) is 26.3 Å². The highest BCUT2D eigenvalue weighted by molar-refractivity contribution is 5.71. The zero-order valence-corrected chi connectivity index (χ0v) is 16.3. The van der Waals surface area contributed by atoms with Crippen molar-refractivity contribution in [1.82, 2.24) is 19.9 Å². The lowest BCUT2D eigenvalue weighted by molar-refractivity contribution is 0.590. The Morgan fingerprint density at radius 1 is 0.571 bits per heavy atom. The van der Waals surface area contributed by atoms with Crippen molar-refractivity contribution in [3.8, 4) is 33.9 Å². The SMILES string of the molecule is CC(C)(C)c1ccc(-c2nc(-c3ccncc3)cc(-c3ccncc3)n2)cc1. The summed E-state index contributed by atoms with van der Waals surface area (Å²) in [7, 11) is 0. The van der Waals surface area contributed by atoms with E-state index >= 15 is 0 Å². The number of benzene rings is 1. The average molecular weight is 366 g/mol. The highest BCUT2D eigenvalue weighted by Crippen LogP contribution is 2.29. The van der Waals surface area contributed by atoms with E-state index in [1.54, 1.807) is 24.8 Å². The second kappa shape index (κ2) is 7.31. The van der Waals surface area contributed by atoms with Gasteiger partial charge in [0.15, 0.2) is 5.82 Å². The van der Waals surface area contributed by atoms with E-state index in [2.05, 4.69) is 55.0 Å². The first-order valence-corrected chi connectivity index (χ1v) is 9.31. The Morgan fingerprint density at radius 2 is 1.04 bits per heavy atom. The Hall–Kier alpha value is -3.40. The van der Waals surface area contributed by atoms with Gasteiger partial charge in [0.05, 0.1) is 11.4 Å². The Balaban J connectivity index is 1.85. The van der Waals surface area contributed by atoms with Crippen LogP contribution in [0.15, 0.2) is 79.4 Å². The molecule has 0 unspecified atom stereocenters. The van der Waals surface area contributed by atoms with Gasteiger partial charge in [0, 0.05) is 41.5 Å². The van der Waals surface area contributed by atoms with Crippen LogP contribution >= 0.6 is 0 Å². The normalized spacial score (nSPS) is 11.4. The summed E-state index contributed by atoms with van der Waals surface area (Å²) < 4.78 is 0. The van der Waals surface area contributed by atoms with Crippen molar-refractivity contribution >= 4 is 0 Å². The van der Waals surface area contributed by atoms with E-state index in [0.29, 0.717) is 5.82 Å². The fraction of sp³-hybridized carbons (Fsp3) is 0.167. The third-order valence-corrected chi connectivity index (χ3v) is 4.69. The molecule has 0 saturated carbocycles. The maximum Gasteiger partial charge on any atom is 0.160 e. The molecule has 4 nitrogen and oxygen atoms in total. The van der Waals surface area contributed by atoms with E-state index in [-0.39, 0.29) is 5.41 Å². The first-order chi connectivity index (χ1) is 13.5. The van der Waals surface area contributed by atoms with Gasteiger partial charge in [-0.2, -0.15) is 0 Å². The molecule has 138 valence electrons. The Labute approximate surface area is 165 Å². The van der Waals surface area contributed by atoms with Crippen molar-refractivity contribution in [2.75, 3.05) is 0 Å². The fourth-order valence-corrected chi connectivity index (χ4v) is 3.04. The summed E-state index contributed by atoms with van der Waals surface area (Å²) in [5, 5.41) is 0. The molecular weight excluding hydrogens is 344 g/mol. The lowest BCUT2D eigenvalue weighted by Gasteiger charge is -2.19. The molecule has 4 rings (SSSR count). The first-order valence-electron chi connectivity index (χ1n) is 9.31. The second-order valence-electron chi connectivity index (χ2n) is 7.76. The smallest absolute Gasteiger partial charge is 0.160 e. The lowest BCUT2D eigenvalue weighted by atomic mass is 9.86. The average Bonchev–Trinajstić information content (AvgIpc) is 2.74. The Morgan fingerprint density at radius 3 is 1.46 bits per heavy atom. The van der Waals surface area contributed by atoms with Gasteiger partial charge in [-0.25, -0.2) is 9.97 Å². The molecule has 3 heterocycles. The van der Waals surface area contributed by atoms with Gasteiger partial charge in [0.25, 0.3) is 0 Å². The highest BCUT2D eigenvalue weighted by Gasteiger charge is 2.15. The quantitative estimate of drug-likeness (QED) is 0.476. The zero-order chi connectivity index (χ0) is 19.6. The monoisotopic (exact) mass is 366 g/mol. The third kappa shape index (κ3) is 3.81. The van der Waals surface area contributed by atoms with Crippen molar-refractivity contribution in [2.24, 2.45) is 0 Å². The van der Waals surface area contributed by atoms with Crippen LogP contribution in [0.25, 0.3) is 33.9 Å². The van der Waals surface area contributed by atoms with E-state index in [9.17, 15) is 0 Å². The topological polar surface area (TPSA) is 51.6 Å². The van der Waals surface area contributed by atoms with Crippen LogP contribution in [0, 0.1) is 0 Å². The molecule has 0 radical (unpaired) electrons. The van der Waals surface area contributed by atoms with Gasteiger partial charge in [-0.1, -0.05) is 45.0 Å². The summed E-state index contributed by atoms with van der Waals surface area (Å²) in [5.41, 5.74) is 6.18. The van der Waals surface area contributed by atoms with Gasteiger partial charge < -0.3 is 0 Å². The van der Waals surface area contributed by atoms with Gasteiger partial charge in [-0.05, 0) is 41.3 Å². The minimum absolute atomic E-state index is 0.112. The van der Waals surface area contributed by atoms with Crippen molar-refractivity contribution in [1.29, 1.82) is 0 Å². The number of aromatic nitrogens is 4. The predicted molar refractivity (Wildman–Crippen MR) is 113 cm³/mol. The van der Waals surface area contributed by atoms with Gasteiger partial charge in [0.1, 0.15) is 0 Å². The van der Waals surface area contributed by atoms with Crippen LogP contribution in [0.4, 0.5) is 0 Å². The number of hydrogen-bond acceptors (Lipinski definition) is 4. The molecule has 4 heteroatoms. The largest absolute Gasteiger partial charge is 0.265 e. The van der Waals surface area contributed by atoms with Crippen LogP contribution in [0.2, 0.25) is 0 Å². The van der Waals surface area contributed by atoms with Crippen LogP contribution in [-0.4, -0.2) is 19.9 Å². The first kappa shape index (κ1) is 18.0. The number of rotatable bonds is 3. The van der Waals surface area contributed by atoms with Gasteiger partial charge in [-0.15, -0.1) is 0 Å². The second-order valence-corrected chi connectivity index (χ2v) is 7.76. The molecule has 0 amide bonds. The summed E-state index contributed by atoms with van der Waals surface area (Å²) in [5.74, 6) is 0.710. The lowest BCUT2D eigenvalue weighted by Crippen LogP contribution is -2.10. The molecular formula is C24H22N4. The molecule has 0 fully saturated rings. The molecule has 0 aliphatic rings. The molecule has 0 bridgehead atoms. The Kier molecular flexibility index (Phi) is 4.70. The van der Waals surface area contributed by atoms with Crippen LogP contribution in [-0.2, 0) is 5.41 Å². The standard InChI is InChI=1S/C24H22N4/c1-24(2,3)20-6-4-19(5-7-20)23-27-21(17-8-12-25-13-9-17)16-22(28-23)18-10-14-26-15-11-18/h4-16H,1-3H3. The summed E-state index contributed by atoms with van der Waals surface area (Å²) in [6, 6.07) is 18.4. The molecule has 28 heavy (non-hydrogen) atoms. The van der Waals surface area contributed by atoms with Crippen molar-refractivity contribution in [3.63, 3.8) is 0 Å². The van der Waals surface area contributed by atoms with E-state index < -0.39 is 0 Å². The van der Waals surface area contributed by atoms with Crippen LogP contribution < -0.4 is 0 Å². The summed E-state index contributed by atoms with van der Waals surface area (Å²) in [6.07, 6.45) is 7.12. The molecule has 0 N–H and O–H groups in total. The highest BCUT2D eigenvalue weighted by atomic mass is 14.9. The molecule has 0 atom stereocenters. The number of hydrogen-bond donors (Lipinski definition) is 0. The minimum atomic E-state index is 0.112. The van der Waals surface area contributed by atoms with Gasteiger partial charge in [-0.3, -0.25) is 9.97 Å². The molecule has 4 aromatic rings. The van der Waals surface area contributed by atoms with E-state index in [1.807, 2.05) is 30.3 Å². The minimum Gasteiger partial charge on any atom is -0.265 e. The molecule has 3 aromatic heterocycles. The molecule has 0 saturated heterocycles. The fourth-order valence-electron chi connectivity index (χ4n) is 3.04. The van der Waals surface area contributed by atoms with Crippen molar-refractivity contribution in [2.45, 2.75) is 26.2 Å². The van der Waals surface area contributed by atoms with Gasteiger partial charge in [0.2, 0.25) is 0 Å². The molecule has 0 spiro atoms. The maximum absolute atomic E-state index is 4.84. The summed E-state index contributed by atoms with van der Waals surface area (Å²) >= 11 is 0. The molecule has 0 aliphatic carbocycles.